The van der Waals surface area contributed by atoms with Crippen molar-refractivity contribution < 1.29 is 14.3 Å². The number of nitrogens with one attached hydrogen (secondary N) is 2. The molecule has 3 aromatic rings. The van der Waals surface area contributed by atoms with Crippen molar-refractivity contribution in [2.75, 3.05) is 32.6 Å². The molecule has 1 aliphatic rings. The van der Waals surface area contributed by atoms with Crippen LogP contribution in [0.2, 0.25) is 0 Å². The molecule has 4 rings (SSSR count). The fourth-order valence-corrected chi connectivity index (χ4v) is 4.49. The summed E-state index contributed by atoms with van der Waals surface area (Å²) in [6.45, 7) is 1.40. The summed E-state index contributed by atoms with van der Waals surface area (Å²) >= 11 is 0. The van der Waals surface area contributed by atoms with Gasteiger partial charge in [0.2, 0.25) is 5.91 Å². The van der Waals surface area contributed by atoms with Crippen LogP contribution in [0.15, 0.2) is 67.1 Å². The van der Waals surface area contributed by atoms with Gasteiger partial charge in [0, 0.05) is 50.8 Å². The average Bonchev–Trinajstić information content (AvgIpc) is 2.91. The van der Waals surface area contributed by atoms with Crippen LogP contribution >= 0.6 is 0 Å². The van der Waals surface area contributed by atoms with Crippen molar-refractivity contribution in [3.63, 3.8) is 0 Å². The van der Waals surface area contributed by atoms with Gasteiger partial charge in [0.15, 0.2) is 0 Å². The Kier molecular flexibility index (Phi) is 7.06. The number of methoxy groups -OCH3 is 1. The smallest absolute Gasteiger partial charge is 0.253 e. The van der Waals surface area contributed by atoms with Crippen molar-refractivity contribution in [1.29, 1.82) is 0 Å². The molecule has 0 bridgehead atoms. The third-order valence-electron chi connectivity index (χ3n) is 6.25. The molecule has 34 heavy (non-hydrogen) atoms. The van der Waals surface area contributed by atoms with E-state index in [1.54, 1.807) is 55.8 Å². The molecule has 0 saturated carbocycles. The highest BCUT2D eigenvalue weighted by atomic mass is 16.5. The molecule has 8 nitrogen and oxygen atoms in total. The highest BCUT2D eigenvalue weighted by Gasteiger charge is 2.45. The number of rotatable bonds is 7. The summed E-state index contributed by atoms with van der Waals surface area (Å²) in [5, 5.41) is 6.12. The molecule has 3 heterocycles. The lowest BCUT2D eigenvalue weighted by molar-refractivity contribution is -0.128. The highest BCUT2D eigenvalue weighted by molar-refractivity contribution is 5.97. The van der Waals surface area contributed by atoms with E-state index in [2.05, 4.69) is 20.6 Å². The van der Waals surface area contributed by atoms with E-state index in [1.165, 1.54) is 0 Å². The molecule has 1 fully saturated rings. The third-order valence-corrected chi connectivity index (χ3v) is 6.25. The van der Waals surface area contributed by atoms with E-state index in [9.17, 15) is 9.59 Å². The van der Waals surface area contributed by atoms with Crippen molar-refractivity contribution in [3.05, 3.63) is 83.9 Å². The first-order valence-corrected chi connectivity index (χ1v) is 11.3. The number of ether oxygens (including phenoxy) is 1. The molecule has 0 unspecified atom stereocenters. The Balaban J connectivity index is 1.58. The zero-order valence-electron chi connectivity index (χ0n) is 19.5. The average molecular weight is 460 g/mol. The van der Waals surface area contributed by atoms with Gasteiger partial charge in [-0.15, -0.1) is 0 Å². The molecular formula is C26H29N5O3. The lowest BCUT2D eigenvalue weighted by Crippen LogP contribution is -2.56. The first-order valence-electron chi connectivity index (χ1n) is 11.3. The number of hydrogen-bond acceptors (Lipinski definition) is 6. The van der Waals surface area contributed by atoms with Crippen molar-refractivity contribution in [1.82, 2.24) is 20.2 Å². The number of benzene rings is 1. The first-order chi connectivity index (χ1) is 16.6. The zero-order valence-corrected chi connectivity index (χ0v) is 19.5. The van der Waals surface area contributed by atoms with E-state index >= 15 is 0 Å². The monoisotopic (exact) mass is 459 g/mol. The van der Waals surface area contributed by atoms with Crippen LogP contribution in [0.1, 0.15) is 34.5 Å². The number of aromatic nitrogens is 2. The van der Waals surface area contributed by atoms with Gasteiger partial charge in [0.1, 0.15) is 11.2 Å². The number of piperidine rings is 1. The van der Waals surface area contributed by atoms with E-state index in [1.807, 2.05) is 30.3 Å². The Morgan fingerprint density at radius 1 is 1.15 bits per heavy atom. The molecule has 2 amide bonds. The second-order valence-corrected chi connectivity index (χ2v) is 8.34. The minimum absolute atomic E-state index is 0.128. The van der Waals surface area contributed by atoms with Crippen molar-refractivity contribution in [2.45, 2.75) is 24.8 Å². The molecule has 176 valence electrons. The molecule has 0 spiro atoms. The van der Waals surface area contributed by atoms with E-state index < -0.39 is 5.41 Å². The van der Waals surface area contributed by atoms with Gasteiger partial charge < -0.3 is 20.3 Å². The van der Waals surface area contributed by atoms with E-state index in [-0.39, 0.29) is 18.4 Å². The molecule has 1 saturated heterocycles. The minimum atomic E-state index is -0.877. The molecule has 2 aromatic heterocycles. The zero-order chi connectivity index (χ0) is 24.0. The van der Waals surface area contributed by atoms with E-state index in [4.69, 9.17) is 4.74 Å². The normalized spacial score (nSPS) is 17.6. The standard InChI is InChI=1S/C26H29N5O3/c1-27-25(33)26(23-8-3-4-13-29-23)11-6-14-31(18-26)24(32)20-9-10-22(34-2)21(15-20)30-17-19-7-5-12-28-16-19/h3-5,7-10,12-13,15-16,30H,6,11,14,17-18H2,1-2H3,(H,27,33)/t26-/m0/s1. The highest BCUT2D eigenvalue weighted by Crippen LogP contribution is 2.35. The maximum Gasteiger partial charge on any atom is 0.253 e. The van der Waals surface area contributed by atoms with Crippen molar-refractivity contribution >= 4 is 17.5 Å². The minimum Gasteiger partial charge on any atom is -0.495 e. The largest absolute Gasteiger partial charge is 0.495 e. The van der Waals surface area contributed by atoms with Gasteiger partial charge in [0.25, 0.3) is 5.91 Å². The van der Waals surface area contributed by atoms with Crippen LogP contribution in [0, 0.1) is 0 Å². The Hall–Kier alpha value is -3.94. The number of carbonyl (C=O) groups excluding carboxylic acids is 2. The van der Waals surface area contributed by atoms with Crippen LogP contribution in [-0.2, 0) is 16.8 Å². The maximum atomic E-state index is 13.6. The molecular weight excluding hydrogens is 430 g/mol. The number of pyridine rings is 2. The van der Waals surface area contributed by atoms with Crippen LogP contribution in [0.3, 0.4) is 0 Å². The summed E-state index contributed by atoms with van der Waals surface area (Å²) in [6, 6.07) is 14.8. The molecule has 1 aromatic carbocycles. The lowest BCUT2D eigenvalue weighted by atomic mass is 9.75. The lowest BCUT2D eigenvalue weighted by Gasteiger charge is -2.41. The Morgan fingerprint density at radius 3 is 2.74 bits per heavy atom. The summed E-state index contributed by atoms with van der Waals surface area (Å²) in [6.07, 6.45) is 6.54. The summed E-state index contributed by atoms with van der Waals surface area (Å²) in [5.74, 6) is 0.389. The SMILES string of the molecule is CNC(=O)[C@@]1(c2ccccn2)CCCN(C(=O)c2ccc(OC)c(NCc3cccnc3)c2)C1. The van der Waals surface area contributed by atoms with Crippen LogP contribution in [0.5, 0.6) is 5.75 Å². The van der Waals surface area contributed by atoms with E-state index in [0.717, 1.165) is 11.3 Å². The second-order valence-electron chi connectivity index (χ2n) is 8.34. The molecule has 1 atom stereocenters. The first kappa shape index (κ1) is 23.2. The fraction of sp³-hybridized carbons (Fsp3) is 0.308. The Labute approximate surface area is 199 Å². The number of hydrogen-bond donors (Lipinski definition) is 2. The maximum absolute atomic E-state index is 13.6. The molecule has 1 aliphatic heterocycles. The van der Waals surface area contributed by atoms with Gasteiger partial charge in [-0.05, 0) is 54.8 Å². The quantitative estimate of drug-likeness (QED) is 0.564. The van der Waals surface area contributed by atoms with Gasteiger partial charge in [0.05, 0.1) is 18.5 Å². The number of likely N-dealkylation sites (tertiary alicyclic amines) is 1. The van der Waals surface area contributed by atoms with Gasteiger partial charge in [-0.3, -0.25) is 19.6 Å². The number of nitrogens with zero attached hydrogens (tertiary/aromatic N) is 3. The van der Waals surface area contributed by atoms with Gasteiger partial charge >= 0.3 is 0 Å². The summed E-state index contributed by atoms with van der Waals surface area (Å²) in [4.78, 5) is 36.9. The van der Waals surface area contributed by atoms with Gasteiger partial charge in [-0.25, -0.2) is 0 Å². The summed E-state index contributed by atoms with van der Waals surface area (Å²) in [5.41, 5.74) is 2.07. The number of likely N-dealkylation sites (N-methyl/N-ethyl adjacent to an activating group) is 1. The Bertz CT molecular complexity index is 1140. The molecule has 0 radical (unpaired) electrons. The van der Waals surface area contributed by atoms with Crippen LogP contribution < -0.4 is 15.4 Å². The topological polar surface area (TPSA) is 96.5 Å². The fourth-order valence-electron chi connectivity index (χ4n) is 4.49. The molecule has 2 N–H and O–H groups in total. The summed E-state index contributed by atoms with van der Waals surface area (Å²) in [7, 11) is 3.22. The molecule has 0 aliphatic carbocycles. The number of anilines is 1. The molecule has 8 heteroatoms. The van der Waals surface area contributed by atoms with Crippen LogP contribution in [0.4, 0.5) is 5.69 Å². The number of carbonyl (C=O) groups is 2. The summed E-state index contributed by atoms with van der Waals surface area (Å²) < 4.78 is 5.49. The van der Waals surface area contributed by atoms with Crippen LogP contribution in [0.25, 0.3) is 0 Å². The van der Waals surface area contributed by atoms with Crippen molar-refractivity contribution in [3.8, 4) is 5.75 Å². The van der Waals surface area contributed by atoms with E-state index in [0.29, 0.717) is 42.9 Å². The van der Waals surface area contributed by atoms with Gasteiger partial charge in [-0.1, -0.05) is 12.1 Å². The third kappa shape index (κ3) is 4.71. The predicted octanol–water partition coefficient (Wildman–Crippen LogP) is 3.02. The van der Waals surface area contributed by atoms with Crippen molar-refractivity contribution in [2.24, 2.45) is 0 Å². The number of amides is 2. The second kappa shape index (κ2) is 10.3. The van der Waals surface area contributed by atoms with Crippen LogP contribution in [-0.4, -0.2) is 53.9 Å². The van der Waals surface area contributed by atoms with Gasteiger partial charge in [-0.2, -0.15) is 0 Å². The predicted molar refractivity (Wildman–Crippen MR) is 130 cm³/mol. The Morgan fingerprint density at radius 2 is 2.03 bits per heavy atom.